The fraction of sp³-hybridized carbons (Fsp3) is 0.391. The van der Waals surface area contributed by atoms with E-state index in [9.17, 15) is 13.2 Å². The highest BCUT2D eigenvalue weighted by Gasteiger charge is 2.30. The number of sulfone groups is 1. The Morgan fingerprint density at radius 1 is 1.06 bits per heavy atom. The second-order valence-electron chi connectivity index (χ2n) is 8.28. The first-order valence-electron chi connectivity index (χ1n) is 10.8. The molecule has 0 spiro atoms. The maximum Gasteiger partial charge on any atom is 0.255 e. The number of thiazole rings is 1. The number of aromatic nitrogens is 1. The summed E-state index contributed by atoms with van der Waals surface area (Å²) in [6, 6.07) is 15.8. The highest BCUT2D eigenvalue weighted by Crippen LogP contribution is 2.33. The Balaban J connectivity index is 1.21. The molecule has 0 N–H and O–H groups in total. The van der Waals surface area contributed by atoms with Gasteiger partial charge in [-0.2, -0.15) is 0 Å². The van der Waals surface area contributed by atoms with Crippen LogP contribution in [-0.4, -0.2) is 72.0 Å². The molecule has 9 heteroatoms. The highest BCUT2D eigenvalue weighted by atomic mass is 32.2. The lowest BCUT2D eigenvalue weighted by molar-refractivity contribution is 0.0625. The van der Waals surface area contributed by atoms with E-state index < -0.39 is 9.84 Å². The zero-order valence-electron chi connectivity index (χ0n) is 17.6. The van der Waals surface area contributed by atoms with Crippen LogP contribution in [0.3, 0.4) is 0 Å². The van der Waals surface area contributed by atoms with Crippen LogP contribution in [0.4, 0.5) is 0 Å². The summed E-state index contributed by atoms with van der Waals surface area (Å²) in [4.78, 5) is 23.2. The van der Waals surface area contributed by atoms with Crippen molar-refractivity contribution in [2.75, 3.05) is 37.7 Å². The number of benzene rings is 2. The molecule has 0 aliphatic carbocycles. The van der Waals surface area contributed by atoms with E-state index in [1.165, 1.54) is 16.5 Å². The van der Waals surface area contributed by atoms with Gasteiger partial charge in [0.25, 0.3) is 5.91 Å². The Bertz CT molecular complexity index is 1200. The fourth-order valence-corrected chi connectivity index (χ4v) is 8.87. The quantitative estimate of drug-likeness (QED) is 0.548. The summed E-state index contributed by atoms with van der Waals surface area (Å²) in [6.07, 6.45) is 0.653. The molecule has 1 amide bonds. The van der Waals surface area contributed by atoms with Gasteiger partial charge in [-0.25, -0.2) is 13.4 Å². The standard InChI is InChI=1S/C23H25N3O3S3/c27-23(18-5-1-3-7-20(18)30-17-9-14-32(28,29)16-17)26-12-10-25(11-13-26)15-22-24-19-6-2-4-8-21(19)31-22/h1-8,17H,9-16H2. The van der Waals surface area contributed by atoms with Crippen molar-refractivity contribution in [1.29, 1.82) is 0 Å². The van der Waals surface area contributed by atoms with Crippen LogP contribution in [0, 0.1) is 0 Å². The molecule has 0 bridgehead atoms. The molecule has 6 nitrogen and oxygen atoms in total. The minimum atomic E-state index is -2.94. The van der Waals surface area contributed by atoms with Gasteiger partial charge in [-0.05, 0) is 30.7 Å². The lowest BCUT2D eigenvalue weighted by Crippen LogP contribution is -2.48. The second-order valence-corrected chi connectivity index (χ2v) is 13.0. The summed E-state index contributed by atoms with van der Waals surface area (Å²) in [5.74, 6) is 0.482. The largest absolute Gasteiger partial charge is 0.336 e. The van der Waals surface area contributed by atoms with Crippen LogP contribution in [0.5, 0.6) is 0 Å². The Hall–Kier alpha value is -1.94. The monoisotopic (exact) mass is 487 g/mol. The van der Waals surface area contributed by atoms with E-state index in [0.29, 0.717) is 25.1 Å². The predicted molar refractivity (Wildman–Crippen MR) is 130 cm³/mol. The van der Waals surface area contributed by atoms with Crippen molar-refractivity contribution in [2.45, 2.75) is 23.1 Å². The van der Waals surface area contributed by atoms with Crippen LogP contribution in [0.2, 0.25) is 0 Å². The summed E-state index contributed by atoms with van der Waals surface area (Å²) < 4.78 is 24.8. The number of carbonyl (C=O) groups is 1. The number of amides is 1. The maximum atomic E-state index is 13.3. The molecule has 2 saturated heterocycles. The number of carbonyl (C=O) groups excluding carboxylic acids is 1. The molecular weight excluding hydrogens is 462 g/mol. The average molecular weight is 488 g/mol. The molecule has 2 aliphatic heterocycles. The minimum Gasteiger partial charge on any atom is -0.336 e. The molecule has 2 aliphatic rings. The molecule has 1 unspecified atom stereocenters. The van der Waals surface area contributed by atoms with Gasteiger partial charge >= 0.3 is 0 Å². The van der Waals surface area contributed by atoms with Gasteiger partial charge in [0.2, 0.25) is 0 Å². The van der Waals surface area contributed by atoms with E-state index in [1.807, 2.05) is 47.4 Å². The molecule has 3 aromatic rings. The van der Waals surface area contributed by atoms with Gasteiger partial charge in [0, 0.05) is 36.3 Å². The molecule has 0 saturated carbocycles. The van der Waals surface area contributed by atoms with E-state index >= 15 is 0 Å². The Morgan fingerprint density at radius 3 is 2.56 bits per heavy atom. The first kappa shape index (κ1) is 21.9. The van der Waals surface area contributed by atoms with Gasteiger partial charge in [0.1, 0.15) is 5.01 Å². The SMILES string of the molecule is O=C(c1ccccc1SC1CCS(=O)(=O)C1)N1CCN(Cc2nc3ccccc3s2)CC1. The van der Waals surface area contributed by atoms with Crippen molar-refractivity contribution in [3.63, 3.8) is 0 Å². The zero-order valence-corrected chi connectivity index (χ0v) is 20.1. The summed E-state index contributed by atoms with van der Waals surface area (Å²) >= 11 is 3.27. The van der Waals surface area contributed by atoms with Gasteiger partial charge in [-0.1, -0.05) is 24.3 Å². The molecule has 5 rings (SSSR count). The summed E-state index contributed by atoms with van der Waals surface area (Å²) in [6.45, 7) is 3.81. The average Bonchev–Trinajstić information content (AvgIpc) is 3.35. The number of thioether (sulfide) groups is 1. The lowest BCUT2D eigenvalue weighted by atomic mass is 10.2. The van der Waals surface area contributed by atoms with E-state index in [1.54, 1.807) is 11.3 Å². The summed E-state index contributed by atoms with van der Waals surface area (Å²) in [5.41, 5.74) is 1.73. The third-order valence-corrected chi connectivity index (χ3v) is 10.3. The Labute approximate surface area is 196 Å². The molecule has 0 radical (unpaired) electrons. The van der Waals surface area contributed by atoms with Crippen molar-refractivity contribution in [3.8, 4) is 0 Å². The summed E-state index contributed by atoms with van der Waals surface area (Å²) in [5, 5.41) is 1.14. The third kappa shape index (κ3) is 4.85. The number of nitrogens with zero attached hydrogens (tertiary/aromatic N) is 3. The van der Waals surface area contributed by atoms with Crippen molar-refractivity contribution in [1.82, 2.24) is 14.8 Å². The number of rotatable bonds is 5. The maximum absolute atomic E-state index is 13.3. The minimum absolute atomic E-state index is 0.0274. The lowest BCUT2D eigenvalue weighted by Gasteiger charge is -2.34. The van der Waals surface area contributed by atoms with Crippen molar-refractivity contribution >= 4 is 49.1 Å². The van der Waals surface area contributed by atoms with E-state index in [0.717, 1.165) is 35.1 Å². The van der Waals surface area contributed by atoms with Crippen LogP contribution >= 0.6 is 23.1 Å². The normalized spacial score (nSPS) is 21.2. The first-order chi connectivity index (χ1) is 15.5. The zero-order chi connectivity index (χ0) is 22.1. The Morgan fingerprint density at radius 2 is 1.81 bits per heavy atom. The van der Waals surface area contributed by atoms with Crippen molar-refractivity contribution < 1.29 is 13.2 Å². The molecule has 3 heterocycles. The van der Waals surface area contributed by atoms with Crippen LogP contribution in [-0.2, 0) is 16.4 Å². The van der Waals surface area contributed by atoms with E-state index in [4.69, 9.17) is 4.98 Å². The molecule has 32 heavy (non-hydrogen) atoms. The number of fused-ring (bicyclic) bond motifs is 1. The van der Waals surface area contributed by atoms with Crippen LogP contribution < -0.4 is 0 Å². The highest BCUT2D eigenvalue weighted by molar-refractivity contribution is 8.02. The van der Waals surface area contributed by atoms with Crippen LogP contribution in [0.25, 0.3) is 10.2 Å². The topological polar surface area (TPSA) is 70.6 Å². The van der Waals surface area contributed by atoms with Gasteiger partial charge in [0.15, 0.2) is 9.84 Å². The second kappa shape index (κ2) is 9.13. The summed E-state index contributed by atoms with van der Waals surface area (Å²) in [7, 11) is -2.94. The van der Waals surface area contributed by atoms with Crippen molar-refractivity contribution in [3.05, 3.63) is 59.1 Å². The number of hydrogen-bond donors (Lipinski definition) is 0. The predicted octanol–water partition coefficient (Wildman–Crippen LogP) is 3.53. The molecule has 1 aromatic heterocycles. The van der Waals surface area contributed by atoms with Crippen molar-refractivity contribution in [2.24, 2.45) is 0 Å². The number of hydrogen-bond acceptors (Lipinski definition) is 7. The third-order valence-electron chi connectivity index (χ3n) is 5.96. The van der Waals surface area contributed by atoms with Gasteiger partial charge in [-0.15, -0.1) is 23.1 Å². The number of para-hydroxylation sites is 1. The van der Waals surface area contributed by atoms with Gasteiger partial charge in [0.05, 0.1) is 33.8 Å². The molecule has 1 atom stereocenters. The first-order valence-corrected chi connectivity index (χ1v) is 14.3. The van der Waals surface area contributed by atoms with E-state index in [-0.39, 0.29) is 22.7 Å². The molecule has 2 fully saturated rings. The fourth-order valence-electron chi connectivity index (χ4n) is 4.24. The van der Waals surface area contributed by atoms with Crippen LogP contribution in [0.1, 0.15) is 21.8 Å². The molecule has 168 valence electrons. The Kier molecular flexibility index (Phi) is 6.24. The molecule has 2 aromatic carbocycles. The van der Waals surface area contributed by atoms with Gasteiger partial charge < -0.3 is 4.90 Å². The van der Waals surface area contributed by atoms with E-state index in [2.05, 4.69) is 11.0 Å². The molecular formula is C23H25N3O3S3. The van der Waals surface area contributed by atoms with Gasteiger partial charge in [-0.3, -0.25) is 9.69 Å². The smallest absolute Gasteiger partial charge is 0.255 e. The number of piperazine rings is 1. The van der Waals surface area contributed by atoms with Crippen LogP contribution in [0.15, 0.2) is 53.4 Å².